The molecule has 0 aromatic heterocycles. The molecule has 2 rings (SSSR count). The summed E-state index contributed by atoms with van der Waals surface area (Å²) in [6.07, 6.45) is 7.46. The van der Waals surface area contributed by atoms with Crippen molar-refractivity contribution in [3.63, 3.8) is 0 Å². The molecule has 1 aliphatic carbocycles. The SMILES string of the molecule is CC.CC(C)(C)N1CCC2(CCC2)CC1. The lowest BCUT2D eigenvalue weighted by Crippen LogP contribution is -2.50. The Kier molecular flexibility index (Phi) is 4.22. The number of hydrogen-bond donors (Lipinski definition) is 0. The van der Waals surface area contributed by atoms with Crippen LogP contribution in [0.3, 0.4) is 0 Å². The smallest absolute Gasteiger partial charge is 0.0125 e. The molecule has 0 amide bonds. The molecule has 2 fully saturated rings. The standard InChI is InChI=1S/C12H23N.C2H6/c1-11(2,3)13-9-7-12(8-10-13)5-4-6-12;1-2/h4-10H2,1-3H3;1-2H3. The summed E-state index contributed by atoms with van der Waals surface area (Å²) in [6, 6.07) is 0. The lowest BCUT2D eigenvalue weighted by molar-refractivity contribution is -0.00196. The van der Waals surface area contributed by atoms with Crippen LogP contribution < -0.4 is 0 Å². The van der Waals surface area contributed by atoms with Crippen molar-refractivity contribution in [2.75, 3.05) is 13.1 Å². The zero-order valence-electron chi connectivity index (χ0n) is 11.4. The molecule has 1 saturated heterocycles. The van der Waals surface area contributed by atoms with Crippen molar-refractivity contribution in [1.82, 2.24) is 4.90 Å². The van der Waals surface area contributed by atoms with Crippen LogP contribution in [-0.2, 0) is 0 Å². The van der Waals surface area contributed by atoms with E-state index in [1.807, 2.05) is 13.8 Å². The van der Waals surface area contributed by atoms with Crippen LogP contribution >= 0.6 is 0 Å². The predicted molar refractivity (Wildman–Crippen MR) is 68.2 cm³/mol. The van der Waals surface area contributed by atoms with Crippen molar-refractivity contribution in [3.05, 3.63) is 0 Å². The van der Waals surface area contributed by atoms with Gasteiger partial charge in [-0.3, -0.25) is 4.90 Å². The summed E-state index contributed by atoms with van der Waals surface area (Å²) >= 11 is 0. The van der Waals surface area contributed by atoms with E-state index >= 15 is 0 Å². The highest BCUT2D eigenvalue weighted by molar-refractivity contribution is 4.94. The first-order chi connectivity index (χ1) is 7.02. The van der Waals surface area contributed by atoms with Gasteiger partial charge < -0.3 is 0 Å². The average molecular weight is 211 g/mol. The Morgan fingerprint density at radius 1 is 0.867 bits per heavy atom. The molecule has 0 N–H and O–H groups in total. The third-order valence-corrected chi connectivity index (χ3v) is 4.19. The first-order valence-corrected chi connectivity index (χ1v) is 6.77. The molecular formula is C14H29N. The van der Waals surface area contributed by atoms with Crippen molar-refractivity contribution >= 4 is 0 Å². The fourth-order valence-electron chi connectivity index (χ4n) is 2.83. The molecule has 0 aromatic carbocycles. The van der Waals surface area contributed by atoms with E-state index in [2.05, 4.69) is 25.7 Å². The Bertz CT molecular complexity index is 176. The second-order valence-corrected chi connectivity index (χ2v) is 6.01. The van der Waals surface area contributed by atoms with Gasteiger partial charge in [0.2, 0.25) is 0 Å². The molecule has 0 unspecified atom stereocenters. The first-order valence-electron chi connectivity index (χ1n) is 6.77. The zero-order chi connectivity index (χ0) is 11.5. The summed E-state index contributed by atoms with van der Waals surface area (Å²) in [6.45, 7) is 13.7. The minimum Gasteiger partial charge on any atom is -0.298 e. The third-order valence-electron chi connectivity index (χ3n) is 4.19. The molecule has 90 valence electrons. The molecule has 1 saturated carbocycles. The molecule has 1 heterocycles. The normalized spacial score (nSPS) is 25.4. The molecule has 0 bridgehead atoms. The molecule has 2 aliphatic rings. The summed E-state index contributed by atoms with van der Waals surface area (Å²) in [5.74, 6) is 0. The van der Waals surface area contributed by atoms with E-state index in [1.165, 1.54) is 45.2 Å². The lowest BCUT2D eigenvalue weighted by Gasteiger charge is -2.51. The van der Waals surface area contributed by atoms with E-state index < -0.39 is 0 Å². The minimum atomic E-state index is 0.394. The van der Waals surface area contributed by atoms with Gasteiger partial charge in [-0.2, -0.15) is 0 Å². The van der Waals surface area contributed by atoms with Gasteiger partial charge in [-0.25, -0.2) is 0 Å². The van der Waals surface area contributed by atoms with Gasteiger partial charge in [0, 0.05) is 5.54 Å². The van der Waals surface area contributed by atoms with Crippen LogP contribution in [0, 0.1) is 5.41 Å². The molecule has 1 heteroatoms. The summed E-state index contributed by atoms with van der Waals surface area (Å²) in [5.41, 5.74) is 1.20. The van der Waals surface area contributed by atoms with Crippen molar-refractivity contribution in [3.8, 4) is 0 Å². The van der Waals surface area contributed by atoms with Crippen LogP contribution in [0.2, 0.25) is 0 Å². The van der Waals surface area contributed by atoms with Crippen LogP contribution in [0.5, 0.6) is 0 Å². The number of rotatable bonds is 0. The van der Waals surface area contributed by atoms with Gasteiger partial charge >= 0.3 is 0 Å². The summed E-state index contributed by atoms with van der Waals surface area (Å²) in [7, 11) is 0. The van der Waals surface area contributed by atoms with E-state index in [0.717, 1.165) is 5.41 Å². The maximum Gasteiger partial charge on any atom is 0.0125 e. The third kappa shape index (κ3) is 2.96. The molecule has 0 atom stereocenters. The Morgan fingerprint density at radius 2 is 1.33 bits per heavy atom. The van der Waals surface area contributed by atoms with Crippen LogP contribution in [0.4, 0.5) is 0 Å². The second-order valence-electron chi connectivity index (χ2n) is 6.01. The highest BCUT2D eigenvalue weighted by Crippen LogP contribution is 2.49. The zero-order valence-corrected chi connectivity index (χ0v) is 11.4. The molecule has 1 spiro atoms. The Morgan fingerprint density at radius 3 is 1.60 bits per heavy atom. The van der Waals surface area contributed by atoms with Gasteiger partial charge in [0.15, 0.2) is 0 Å². The molecule has 15 heavy (non-hydrogen) atoms. The van der Waals surface area contributed by atoms with Crippen LogP contribution in [0.25, 0.3) is 0 Å². The van der Waals surface area contributed by atoms with Gasteiger partial charge in [-0.05, 0) is 65.0 Å². The maximum atomic E-state index is 2.65. The van der Waals surface area contributed by atoms with E-state index in [1.54, 1.807) is 0 Å². The number of nitrogens with zero attached hydrogens (tertiary/aromatic N) is 1. The largest absolute Gasteiger partial charge is 0.298 e. The Hall–Kier alpha value is -0.0400. The highest BCUT2D eigenvalue weighted by Gasteiger charge is 2.41. The average Bonchev–Trinajstić information content (AvgIpc) is 2.17. The molecule has 1 nitrogen and oxygen atoms in total. The summed E-state index contributed by atoms with van der Waals surface area (Å²) in [5, 5.41) is 0. The number of likely N-dealkylation sites (tertiary alicyclic amines) is 1. The van der Waals surface area contributed by atoms with Crippen molar-refractivity contribution < 1.29 is 0 Å². The molecule has 0 radical (unpaired) electrons. The summed E-state index contributed by atoms with van der Waals surface area (Å²) < 4.78 is 0. The monoisotopic (exact) mass is 211 g/mol. The molecular weight excluding hydrogens is 182 g/mol. The van der Waals surface area contributed by atoms with E-state index in [0.29, 0.717) is 5.54 Å². The number of hydrogen-bond acceptors (Lipinski definition) is 1. The van der Waals surface area contributed by atoms with Crippen molar-refractivity contribution in [2.24, 2.45) is 5.41 Å². The topological polar surface area (TPSA) is 3.24 Å². The van der Waals surface area contributed by atoms with E-state index in [4.69, 9.17) is 0 Å². The van der Waals surface area contributed by atoms with Crippen LogP contribution in [0.1, 0.15) is 66.7 Å². The Labute approximate surface area is 96.2 Å². The van der Waals surface area contributed by atoms with Gasteiger partial charge in [0.25, 0.3) is 0 Å². The Balaban J connectivity index is 0.000000531. The van der Waals surface area contributed by atoms with Crippen molar-refractivity contribution in [2.45, 2.75) is 72.3 Å². The minimum absolute atomic E-state index is 0.394. The quantitative estimate of drug-likeness (QED) is 0.583. The second kappa shape index (κ2) is 4.86. The molecule has 1 aliphatic heterocycles. The highest BCUT2D eigenvalue weighted by atomic mass is 15.2. The fraction of sp³-hybridized carbons (Fsp3) is 1.00. The first kappa shape index (κ1) is 13.0. The van der Waals surface area contributed by atoms with Gasteiger partial charge in [-0.1, -0.05) is 20.3 Å². The van der Waals surface area contributed by atoms with Gasteiger partial charge in [-0.15, -0.1) is 0 Å². The maximum absolute atomic E-state index is 2.65. The van der Waals surface area contributed by atoms with Crippen molar-refractivity contribution in [1.29, 1.82) is 0 Å². The van der Waals surface area contributed by atoms with Gasteiger partial charge in [0.1, 0.15) is 0 Å². The lowest BCUT2D eigenvalue weighted by atomic mass is 9.63. The van der Waals surface area contributed by atoms with Crippen LogP contribution in [0.15, 0.2) is 0 Å². The van der Waals surface area contributed by atoms with Gasteiger partial charge in [0.05, 0.1) is 0 Å². The predicted octanol–water partition coefficient (Wildman–Crippen LogP) is 4.08. The van der Waals surface area contributed by atoms with Crippen LogP contribution in [-0.4, -0.2) is 23.5 Å². The van der Waals surface area contributed by atoms with E-state index in [-0.39, 0.29) is 0 Å². The summed E-state index contributed by atoms with van der Waals surface area (Å²) in [4.78, 5) is 2.65. The fourth-order valence-corrected chi connectivity index (χ4v) is 2.83. The number of piperidine rings is 1. The van der Waals surface area contributed by atoms with E-state index in [9.17, 15) is 0 Å². The molecule has 0 aromatic rings.